The van der Waals surface area contributed by atoms with Crippen molar-refractivity contribution >= 4 is 17.5 Å². The van der Waals surface area contributed by atoms with Gasteiger partial charge in [-0.1, -0.05) is 23.7 Å². The Labute approximate surface area is 146 Å². The molecule has 1 aromatic heterocycles. The van der Waals surface area contributed by atoms with Gasteiger partial charge in [-0.05, 0) is 55.5 Å². The molecule has 0 saturated heterocycles. The molecule has 0 atom stereocenters. The summed E-state index contributed by atoms with van der Waals surface area (Å²) in [6, 6.07) is 11.5. The Morgan fingerprint density at radius 3 is 2.71 bits per heavy atom. The normalized spacial score (nSPS) is 23.7. The number of hydrogen-bond donors (Lipinski definition) is 2. The van der Waals surface area contributed by atoms with Gasteiger partial charge in [-0.2, -0.15) is 5.10 Å². The van der Waals surface area contributed by atoms with E-state index in [1.165, 1.54) is 5.56 Å². The molecule has 1 aromatic carbocycles. The summed E-state index contributed by atoms with van der Waals surface area (Å²) in [4.78, 5) is 12.2. The van der Waals surface area contributed by atoms with Crippen LogP contribution in [0.1, 0.15) is 41.7 Å². The number of aromatic nitrogens is 2. The van der Waals surface area contributed by atoms with E-state index in [0.29, 0.717) is 12.2 Å². The van der Waals surface area contributed by atoms with Gasteiger partial charge in [0.25, 0.3) is 5.91 Å². The third-order valence-electron chi connectivity index (χ3n) is 4.91. The smallest absolute Gasteiger partial charge is 0.272 e. The van der Waals surface area contributed by atoms with Crippen LogP contribution in [0.2, 0.25) is 5.02 Å². The molecule has 1 aliphatic carbocycles. The number of carbonyl (C=O) groups is 1. The number of nitrogens with one attached hydrogen (secondary N) is 1. The van der Waals surface area contributed by atoms with Gasteiger partial charge in [0, 0.05) is 29.2 Å². The molecule has 0 unspecified atom stereocenters. The number of nitrogens with zero attached hydrogens (tertiary/aromatic N) is 2. The average molecular weight is 345 g/mol. The zero-order chi connectivity index (χ0) is 17.0. The fraction of sp³-hybridized carbons (Fsp3) is 0.389. The minimum Gasteiger partial charge on any atom is -0.348 e. The van der Waals surface area contributed by atoms with E-state index >= 15 is 0 Å². The molecule has 1 amide bonds. The van der Waals surface area contributed by atoms with E-state index in [9.17, 15) is 4.79 Å². The van der Waals surface area contributed by atoms with Crippen molar-refractivity contribution in [2.75, 3.05) is 6.54 Å². The van der Waals surface area contributed by atoms with E-state index in [-0.39, 0.29) is 17.4 Å². The van der Waals surface area contributed by atoms with E-state index in [4.69, 9.17) is 17.3 Å². The Morgan fingerprint density at radius 2 is 2.08 bits per heavy atom. The molecular weight excluding hydrogens is 324 g/mol. The highest BCUT2D eigenvalue weighted by Crippen LogP contribution is 2.39. The first-order valence-corrected chi connectivity index (χ1v) is 8.55. The van der Waals surface area contributed by atoms with Crippen molar-refractivity contribution in [1.82, 2.24) is 15.5 Å². The lowest BCUT2D eigenvalue weighted by molar-refractivity contribution is 0.0912. The maximum Gasteiger partial charge on any atom is 0.272 e. The second-order valence-electron chi connectivity index (χ2n) is 6.35. The molecule has 1 heterocycles. The van der Waals surface area contributed by atoms with Crippen LogP contribution in [0.15, 0.2) is 42.6 Å². The maximum absolute atomic E-state index is 12.2. The van der Waals surface area contributed by atoms with Crippen LogP contribution in [-0.2, 0) is 5.41 Å². The van der Waals surface area contributed by atoms with Crippen molar-refractivity contribution in [2.45, 2.75) is 37.1 Å². The molecular formula is C18H21ClN4O. The van der Waals surface area contributed by atoms with Gasteiger partial charge in [-0.15, -0.1) is 5.10 Å². The lowest BCUT2D eigenvalue weighted by Gasteiger charge is -2.40. The number of benzene rings is 1. The van der Waals surface area contributed by atoms with Crippen LogP contribution in [0.3, 0.4) is 0 Å². The Balaban J connectivity index is 1.65. The van der Waals surface area contributed by atoms with Crippen molar-refractivity contribution in [3.8, 4) is 0 Å². The number of nitrogens with two attached hydrogens (primary N) is 1. The summed E-state index contributed by atoms with van der Waals surface area (Å²) in [5.41, 5.74) is 7.59. The zero-order valence-corrected chi connectivity index (χ0v) is 14.2. The van der Waals surface area contributed by atoms with E-state index < -0.39 is 0 Å². The highest BCUT2D eigenvalue weighted by molar-refractivity contribution is 6.30. The summed E-state index contributed by atoms with van der Waals surface area (Å²) in [5, 5.41) is 11.4. The summed E-state index contributed by atoms with van der Waals surface area (Å²) < 4.78 is 0. The zero-order valence-electron chi connectivity index (χ0n) is 13.4. The summed E-state index contributed by atoms with van der Waals surface area (Å²) in [5.74, 6) is -0.170. The molecule has 1 fully saturated rings. The number of rotatable bonds is 4. The third-order valence-corrected chi connectivity index (χ3v) is 5.15. The molecule has 0 radical (unpaired) electrons. The van der Waals surface area contributed by atoms with Crippen LogP contribution in [0, 0.1) is 0 Å². The van der Waals surface area contributed by atoms with Gasteiger partial charge < -0.3 is 11.1 Å². The first-order chi connectivity index (χ1) is 11.6. The summed E-state index contributed by atoms with van der Waals surface area (Å²) in [7, 11) is 0. The van der Waals surface area contributed by atoms with E-state index in [1.54, 1.807) is 18.3 Å². The Morgan fingerprint density at radius 1 is 1.29 bits per heavy atom. The predicted octanol–water partition coefficient (Wildman–Crippen LogP) is 2.70. The molecule has 2 aromatic rings. The van der Waals surface area contributed by atoms with Crippen LogP contribution in [0.5, 0.6) is 0 Å². The number of amides is 1. The highest BCUT2D eigenvalue weighted by Gasteiger charge is 2.36. The van der Waals surface area contributed by atoms with Crippen molar-refractivity contribution in [2.24, 2.45) is 5.73 Å². The first-order valence-electron chi connectivity index (χ1n) is 8.18. The van der Waals surface area contributed by atoms with Gasteiger partial charge >= 0.3 is 0 Å². The number of halogens is 1. The van der Waals surface area contributed by atoms with Crippen molar-refractivity contribution in [1.29, 1.82) is 0 Å². The largest absolute Gasteiger partial charge is 0.348 e. The quantitative estimate of drug-likeness (QED) is 0.893. The average Bonchev–Trinajstić information content (AvgIpc) is 2.63. The standard InChI is InChI=1S/C18H21ClN4O/c19-14-4-1-3-13(11-14)18(12-20)8-6-15(7-9-18)22-17(24)16-5-2-10-21-23-16/h1-5,10-11,15H,6-9,12,20H2,(H,22,24)/t15-,18+. The van der Waals surface area contributed by atoms with Crippen LogP contribution in [0.4, 0.5) is 0 Å². The second-order valence-corrected chi connectivity index (χ2v) is 6.79. The minimum absolute atomic E-state index is 0.0569. The molecule has 5 nitrogen and oxygen atoms in total. The van der Waals surface area contributed by atoms with Crippen LogP contribution in [-0.4, -0.2) is 28.7 Å². The topological polar surface area (TPSA) is 80.9 Å². The van der Waals surface area contributed by atoms with Gasteiger partial charge in [-0.25, -0.2) is 0 Å². The maximum atomic E-state index is 12.2. The lowest BCUT2D eigenvalue weighted by atomic mass is 9.68. The molecule has 3 N–H and O–H groups in total. The monoisotopic (exact) mass is 344 g/mol. The predicted molar refractivity (Wildman–Crippen MR) is 93.9 cm³/mol. The molecule has 126 valence electrons. The molecule has 1 saturated carbocycles. The van der Waals surface area contributed by atoms with Crippen molar-refractivity contribution in [3.05, 3.63) is 58.9 Å². The molecule has 6 heteroatoms. The van der Waals surface area contributed by atoms with E-state index in [1.807, 2.05) is 18.2 Å². The highest BCUT2D eigenvalue weighted by atomic mass is 35.5. The fourth-order valence-electron chi connectivity index (χ4n) is 3.43. The summed E-state index contributed by atoms with van der Waals surface area (Å²) in [6.45, 7) is 0.582. The molecule has 0 spiro atoms. The minimum atomic E-state index is -0.170. The molecule has 3 rings (SSSR count). The van der Waals surface area contributed by atoms with Gasteiger partial charge in [0.1, 0.15) is 0 Å². The Bertz CT molecular complexity index is 699. The van der Waals surface area contributed by atoms with Gasteiger partial charge in [0.15, 0.2) is 5.69 Å². The molecule has 0 bridgehead atoms. The molecule has 1 aliphatic rings. The fourth-order valence-corrected chi connectivity index (χ4v) is 3.62. The van der Waals surface area contributed by atoms with Crippen LogP contribution >= 0.6 is 11.6 Å². The van der Waals surface area contributed by atoms with E-state index in [2.05, 4.69) is 21.6 Å². The van der Waals surface area contributed by atoms with Gasteiger partial charge in [0.2, 0.25) is 0 Å². The molecule has 24 heavy (non-hydrogen) atoms. The van der Waals surface area contributed by atoms with Gasteiger partial charge in [0.05, 0.1) is 0 Å². The second kappa shape index (κ2) is 7.28. The van der Waals surface area contributed by atoms with Gasteiger partial charge in [-0.3, -0.25) is 4.79 Å². The van der Waals surface area contributed by atoms with Crippen molar-refractivity contribution < 1.29 is 4.79 Å². The SMILES string of the molecule is NC[C@]1(c2cccc(Cl)c2)CC[C@@H](NC(=O)c2cccnn2)CC1. The number of hydrogen-bond acceptors (Lipinski definition) is 4. The van der Waals surface area contributed by atoms with Crippen LogP contribution in [0.25, 0.3) is 0 Å². The van der Waals surface area contributed by atoms with E-state index in [0.717, 1.165) is 30.7 Å². The number of carbonyl (C=O) groups excluding carboxylic acids is 1. The molecule has 0 aliphatic heterocycles. The first kappa shape index (κ1) is 16.9. The third kappa shape index (κ3) is 3.57. The summed E-state index contributed by atoms with van der Waals surface area (Å²) in [6.07, 6.45) is 5.17. The Kier molecular flexibility index (Phi) is 5.11. The lowest BCUT2D eigenvalue weighted by Crippen LogP contribution is -2.45. The van der Waals surface area contributed by atoms with Crippen molar-refractivity contribution in [3.63, 3.8) is 0 Å². The summed E-state index contributed by atoms with van der Waals surface area (Å²) >= 11 is 6.14. The Hall–Kier alpha value is -1.98. The van der Waals surface area contributed by atoms with Crippen LogP contribution < -0.4 is 11.1 Å².